The van der Waals surface area contributed by atoms with E-state index in [1.165, 1.54) is 12.8 Å². The molecule has 0 aliphatic heterocycles. The summed E-state index contributed by atoms with van der Waals surface area (Å²) in [6, 6.07) is 0. The van der Waals surface area contributed by atoms with Crippen molar-refractivity contribution in [3.05, 3.63) is 18.2 Å². The van der Waals surface area contributed by atoms with Crippen LogP contribution in [0, 0.1) is 0 Å². The lowest BCUT2D eigenvalue weighted by molar-refractivity contribution is -0.703. The van der Waals surface area contributed by atoms with Crippen molar-refractivity contribution in [1.29, 1.82) is 0 Å². The van der Waals surface area contributed by atoms with Crippen LogP contribution in [0.1, 0.15) is 32.5 Å². The minimum Gasteiger partial charge on any atom is -1.00 e. The van der Waals surface area contributed by atoms with Gasteiger partial charge < -0.3 is 17.5 Å². The van der Waals surface area contributed by atoms with Crippen LogP contribution in [0.25, 0.3) is 0 Å². The number of hydrogen-bond donors (Lipinski definition) is 2. The highest BCUT2D eigenvalue weighted by Gasteiger charge is 2.11. The van der Waals surface area contributed by atoms with Crippen molar-refractivity contribution in [1.82, 2.24) is 4.98 Å². The van der Waals surface area contributed by atoms with Gasteiger partial charge in [-0.15, -0.1) is 0 Å². The van der Waals surface area contributed by atoms with E-state index in [0.717, 1.165) is 12.4 Å². The number of nitrogens with one attached hydrogen (secondary N) is 1. The molecule has 0 radical (unpaired) electrons. The average molecular weight is 219 g/mol. The fraction of sp³-hybridized carbons (Fsp3) is 0.700. The Hall–Kier alpha value is -0.540. The average Bonchev–Trinajstić information content (AvgIpc) is 2.48. The summed E-state index contributed by atoms with van der Waals surface area (Å²) in [5.41, 5.74) is 0. The molecule has 0 aliphatic carbocycles. The van der Waals surface area contributed by atoms with Crippen LogP contribution in [0.5, 0.6) is 0 Å². The van der Waals surface area contributed by atoms with Crippen LogP contribution in [0.4, 0.5) is 0 Å². The summed E-state index contributed by atoms with van der Waals surface area (Å²) in [6.07, 6.45) is 6.78. The Bertz CT molecular complexity index is 248. The van der Waals surface area contributed by atoms with Crippen LogP contribution >= 0.6 is 0 Å². The molecule has 1 aromatic heterocycles. The molecular weight excluding hydrogens is 200 g/mol. The molecule has 0 saturated heterocycles. The third-order valence-corrected chi connectivity index (χ3v) is 2.09. The molecule has 14 heavy (non-hydrogen) atoms. The van der Waals surface area contributed by atoms with Crippen LogP contribution in [0.2, 0.25) is 0 Å². The van der Waals surface area contributed by atoms with Gasteiger partial charge in [-0.1, -0.05) is 13.3 Å². The highest BCUT2D eigenvalue weighted by atomic mass is 35.5. The molecule has 0 amide bonds. The molecule has 1 heterocycles. The molecule has 0 bridgehead atoms. The second kappa shape index (κ2) is 6.85. The maximum absolute atomic E-state index is 9.24. The van der Waals surface area contributed by atoms with Gasteiger partial charge in [-0.2, -0.15) is 0 Å². The molecule has 1 aromatic rings. The lowest BCUT2D eigenvalue weighted by atomic mass is 10.2. The Labute approximate surface area is 91.6 Å². The van der Waals surface area contributed by atoms with E-state index in [9.17, 15) is 5.11 Å². The van der Waals surface area contributed by atoms with Crippen molar-refractivity contribution in [2.75, 3.05) is 0 Å². The third kappa shape index (κ3) is 4.11. The monoisotopic (exact) mass is 218 g/mol. The zero-order valence-electron chi connectivity index (χ0n) is 8.83. The van der Waals surface area contributed by atoms with Gasteiger partial charge in [-0.05, 0) is 13.3 Å². The number of hydrogen-bond acceptors (Lipinski definition) is 1. The van der Waals surface area contributed by atoms with E-state index in [0.29, 0.717) is 6.42 Å². The van der Waals surface area contributed by atoms with Gasteiger partial charge in [0.25, 0.3) is 5.82 Å². The summed E-state index contributed by atoms with van der Waals surface area (Å²) in [5.74, 6) is 1.11. The van der Waals surface area contributed by atoms with Gasteiger partial charge in [0.2, 0.25) is 0 Å². The van der Waals surface area contributed by atoms with Crippen LogP contribution in [0.3, 0.4) is 0 Å². The first-order valence-electron chi connectivity index (χ1n) is 4.97. The number of aryl methyl sites for hydroxylation is 1. The summed E-state index contributed by atoms with van der Waals surface area (Å²) < 4.78 is 2.18. The van der Waals surface area contributed by atoms with E-state index in [1.807, 2.05) is 19.3 Å². The van der Waals surface area contributed by atoms with Crippen LogP contribution in [0.15, 0.2) is 12.4 Å². The predicted octanol–water partition coefficient (Wildman–Crippen LogP) is -1.97. The van der Waals surface area contributed by atoms with E-state index in [-0.39, 0.29) is 18.5 Å². The van der Waals surface area contributed by atoms with Crippen molar-refractivity contribution >= 4 is 0 Å². The molecule has 0 fully saturated rings. The predicted molar refractivity (Wildman–Crippen MR) is 51.3 cm³/mol. The summed E-state index contributed by atoms with van der Waals surface area (Å²) >= 11 is 0. The van der Waals surface area contributed by atoms with E-state index in [4.69, 9.17) is 0 Å². The highest BCUT2D eigenvalue weighted by molar-refractivity contribution is 4.79. The number of aliphatic hydroxyl groups is 1. The Morgan fingerprint density at radius 2 is 2.29 bits per heavy atom. The maximum Gasteiger partial charge on any atom is 0.256 e. The molecule has 0 aromatic carbocycles. The number of imidazole rings is 1. The van der Waals surface area contributed by atoms with E-state index >= 15 is 0 Å². The third-order valence-electron chi connectivity index (χ3n) is 2.09. The van der Waals surface area contributed by atoms with Gasteiger partial charge in [0, 0.05) is 0 Å². The highest BCUT2D eigenvalue weighted by Crippen LogP contribution is 1.95. The van der Waals surface area contributed by atoms with Gasteiger partial charge in [-0.25, -0.2) is 9.55 Å². The number of unbranched alkanes of at least 4 members (excludes halogenated alkanes) is 1. The minimum absolute atomic E-state index is 0. The first-order chi connectivity index (χ1) is 6.24. The molecule has 82 valence electrons. The summed E-state index contributed by atoms with van der Waals surface area (Å²) in [4.78, 5) is 3.15. The molecule has 0 spiro atoms. The zero-order chi connectivity index (χ0) is 9.68. The summed E-state index contributed by atoms with van der Waals surface area (Å²) in [5, 5.41) is 9.24. The second-order valence-electron chi connectivity index (χ2n) is 3.51. The SMILES string of the molecule is CCCC[n+]1cc[nH]c1CC(C)O.[Cl-]. The quantitative estimate of drug-likeness (QED) is 0.554. The van der Waals surface area contributed by atoms with E-state index in [2.05, 4.69) is 16.5 Å². The van der Waals surface area contributed by atoms with Crippen LogP contribution < -0.4 is 17.0 Å². The number of rotatable bonds is 5. The standard InChI is InChI=1S/C10H18N2O.ClH/c1-3-4-6-12-7-5-11-10(12)8-9(2)13;/h5,7,9,13H,3-4,6,8H2,1-2H3;1H. The van der Waals surface area contributed by atoms with Crippen LogP contribution in [-0.2, 0) is 13.0 Å². The zero-order valence-corrected chi connectivity index (χ0v) is 9.59. The van der Waals surface area contributed by atoms with Crippen molar-refractivity contribution in [3.8, 4) is 0 Å². The van der Waals surface area contributed by atoms with Gasteiger partial charge in [0.15, 0.2) is 0 Å². The van der Waals surface area contributed by atoms with Crippen molar-refractivity contribution in [2.24, 2.45) is 0 Å². The van der Waals surface area contributed by atoms with Gasteiger partial charge in [-0.3, -0.25) is 0 Å². The Morgan fingerprint density at radius 1 is 1.57 bits per heavy atom. The van der Waals surface area contributed by atoms with Crippen molar-refractivity contribution < 1.29 is 22.1 Å². The number of nitrogens with zero attached hydrogens (tertiary/aromatic N) is 1. The Balaban J connectivity index is 0.00000169. The molecule has 3 nitrogen and oxygen atoms in total. The maximum atomic E-state index is 9.24. The second-order valence-corrected chi connectivity index (χ2v) is 3.51. The van der Waals surface area contributed by atoms with Gasteiger partial charge in [0.1, 0.15) is 12.4 Å². The largest absolute Gasteiger partial charge is 1.00 e. The summed E-state index contributed by atoms with van der Waals surface area (Å²) in [7, 11) is 0. The molecule has 0 aliphatic rings. The molecule has 1 atom stereocenters. The van der Waals surface area contributed by atoms with Gasteiger partial charge in [0.05, 0.1) is 19.1 Å². The lowest BCUT2D eigenvalue weighted by Gasteiger charge is -2.01. The summed E-state index contributed by atoms with van der Waals surface area (Å²) in [6.45, 7) is 5.04. The lowest BCUT2D eigenvalue weighted by Crippen LogP contribution is -3.00. The fourth-order valence-corrected chi connectivity index (χ4v) is 1.39. The number of aromatic amines is 1. The molecule has 1 rings (SSSR count). The van der Waals surface area contributed by atoms with Crippen molar-refractivity contribution in [2.45, 2.75) is 45.8 Å². The Kier molecular flexibility index (Phi) is 6.58. The topological polar surface area (TPSA) is 39.9 Å². The fourth-order valence-electron chi connectivity index (χ4n) is 1.39. The molecule has 2 N–H and O–H groups in total. The number of aromatic nitrogens is 2. The normalized spacial score (nSPS) is 12.2. The smallest absolute Gasteiger partial charge is 0.256 e. The molecule has 0 saturated carbocycles. The van der Waals surface area contributed by atoms with Crippen molar-refractivity contribution in [3.63, 3.8) is 0 Å². The Morgan fingerprint density at radius 3 is 2.86 bits per heavy atom. The van der Waals surface area contributed by atoms with E-state index in [1.54, 1.807) is 0 Å². The first-order valence-corrected chi connectivity index (χ1v) is 4.97. The number of halogens is 1. The number of aliphatic hydroxyl groups excluding tert-OH is 1. The molecular formula is C10H19ClN2O. The molecule has 4 heteroatoms. The van der Waals surface area contributed by atoms with Crippen LogP contribution in [-0.4, -0.2) is 16.2 Å². The minimum atomic E-state index is -0.272. The number of H-pyrrole nitrogens is 1. The first kappa shape index (κ1) is 13.5. The van der Waals surface area contributed by atoms with E-state index < -0.39 is 0 Å². The van der Waals surface area contributed by atoms with Gasteiger partial charge >= 0.3 is 0 Å². The molecule has 1 unspecified atom stereocenters.